The van der Waals surface area contributed by atoms with Gasteiger partial charge in [0.15, 0.2) is 5.72 Å². The Labute approximate surface area is 152 Å². The lowest BCUT2D eigenvalue weighted by atomic mass is 9.96. The van der Waals surface area contributed by atoms with Gasteiger partial charge in [-0.05, 0) is 19.1 Å². The first kappa shape index (κ1) is 16.6. The maximum atomic E-state index is 12.5. The predicted molar refractivity (Wildman–Crippen MR) is 94.7 cm³/mol. The first-order chi connectivity index (χ1) is 12.6. The van der Waals surface area contributed by atoms with Crippen molar-refractivity contribution in [1.82, 2.24) is 19.8 Å². The highest BCUT2D eigenvalue weighted by atomic mass is 16.5. The first-order valence-corrected chi connectivity index (χ1v) is 8.92. The summed E-state index contributed by atoms with van der Waals surface area (Å²) in [5, 5.41) is 3.00. The van der Waals surface area contributed by atoms with Crippen molar-refractivity contribution in [3.63, 3.8) is 0 Å². The third-order valence-corrected chi connectivity index (χ3v) is 5.19. The molecule has 26 heavy (non-hydrogen) atoms. The summed E-state index contributed by atoms with van der Waals surface area (Å²) in [5.74, 6) is 1.54. The highest BCUT2D eigenvalue weighted by Gasteiger charge is 2.43. The highest BCUT2D eigenvalue weighted by molar-refractivity contribution is 5.98. The zero-order valence-corrected chi connectivity index (χ0v) is 14.8. The van der Waals surface area contributed by atoms with Crippen molar-refractivity contribution >= 4 is 11.8 Å². The maximum Gasteiger partial charge on any atom is 0.258 e. The van der Waals surface area contributed by atoms with Crippen molar-refractivity contribution in [1.29, 1.82) is 0 Å². The quantitative estimate of drug-likeness (QED) is 0.911. The number of nitrogens with one attached hydrogen (secondary N) is 1. The minimum atomic E-state index is -0.705. The number of rotatable bonds is 3. The molecule has 0 bridgehead atoms. The number of aryl methyl sites for hydroxylation is 2. The fourth-order valence-corrected chi connectivity index (χ4v) is 3.61. The Morgan fingerprint density at radius 3 is 2.81 bits per heavy atom. The van der Waals surface area contributed by atoms with E-state index in [1.165, 1.54) is 0 Å². The Hall–Kier alpha value is -2.83. The van der Waals surface area contributed by atoms with Crippen molar-refractivity contribution in [2.24, 2.45) is 0 Å². The lowest BCUT2D eigenvalue weighted by Gasteiger charge is -2.44. The van der Waals surface area contributed by atoms with Crippen LogP contribution in [-0.2, 0) is 11.3 Å². The van der Waals surface area contributed by atoms with Gasteiger partial charge in [0.05, 0.1) is 5.56 Å². The van der Waals surface area contributed by atoms with Gasteiger partial charge < -0.3 is 19.5 Å². The molecule has 7 heteroatoms. The summed E-state index contributed by atoms with van der Waals surface area (Å²) in [5.41, 5.74) is -0.143. The van der Waals surface area contributed by atoms with Gasteiger partial charge in [0.2, 0.25) is 5.91 Å². The molecule has 0 radical (unpaired) electrons. The molecule has 0 unspecified atom stereocenters. The van der Waals surface area contributed by atoms with E-state index >= 15 is 0 Å². The number of aromatic nitrogens is 2. The van der Waals surface area contributed by atoms with Crippen LogP contribution in [0.15, 0.2) is 36.7 Å². The number of nitrogens with zero attached hydrogens (tertiary/aromatic N) is 3. The SMILES string of the molecule is Cc1nccn1CCC(=O)N1CCC2(CC1)NC(=O)c1ccccc1O2. The normalized spacial score (nSPS) is 18.2. The largest absolute Gasteiger partial charge is 0.467 e. The fourth-order valence-electron chi connectivity index (χ4n) is 3.61. The van der Waals surface area contributed by atoms with Crippen LogP contribution in [0.25, 0.3) is 0 Å². The Bertz CT molecular complexity index is 837. The molecule has 0 saturated carbocycles. The number of ether oxygens (including phenoxy) is 1. The third-order valence-electron chi connectivity index (χ3n) is 5.19. The van der Waals surface area contributed by atoms with Gasteiger partial charge >= 0.3 is 0 Å². The van der Waals surface area contributed by atoms with Crippen LogP contribution < -0.4 is 10.1 Å². The van der Waals surface area contributed by atoms with Crippen molar-refractivity contribution in [2.45, 2.75) is 38.5 Å². The molecular formula is C19H22N4O3. The van der Waals surface area contributed by atoms with E-state index in [0.29, 0.717) is 50.2 Å². The summed E-state index contributed by atoms with van der Waals surface area (Å²) in [4.78, 5) is 30.9. The number of carbonyl (C=O) groups is 2. The smallest absolute Gasteiger partial charge is 0.258 e. The molecule has 1 saturated heterocycles. The second-order valence-electron chi connectivity index (χ2n) is 6.85. The minimum absolute atomic E-state index is 0.109. The van der Waals surface area contributed by atoms with Gasteiger partial charge in [-0.2, -0.15) is 0 Å². The summed E-state index contributed by atoms with van der Waals surface area (Å²) in [6.07, 6.45) is 5.24. The number of amides is 2. The number of benzene rings is 1. The van der Waals surface area contributed by atoms with E-state index < -0.39 is 5.72 Å². The molecule has 136 valence electrons. The standard InChI is InChI=1S/C19H22N4O3/c1-14-20-9-13-22(14)10-6-17(24)23-11-7-19(8-12-23)21-18(25)15-4-2-3-5-16(15)26-19/h2-5,9,13H,6-8,10-12H2,1H3,(H,21,25). The van der Waals surface area contributed by atoms with Crippen LogP contribution in [0, 0.1) is 6.92 Å². The summed E-state index contributed by atoms with van der Waals surface area (Å²) in [6, 6.07) is 7.26. The van der Waals surface area contributed by atoms with Crippen LogP contribution in [-0.4, -0.2) is 45.1 Å². The molecule has 2 aliphatic heterocycles. The van der Waals surface area contributed by atoms with Crippen molar-refractivity contribution in [3.05, 3.63) is 48.0 Å². The van der Waals surface area contributed by atoms with E-state index in [4.69, 9.17) is 4.74 Å². The number of hydrogen-bond acceptors (Lipinski definition) is 4. The number of hydrogen-bond donors (Lipinski definition) is 1. The number of carbonyl (C=O) groups excluding carboxylic acids is 2. The van der Waals surface area contributed by atoms with Crippen LogP contribution in [0.4, 0.5) is 0 Å². The second-order valence-corrected chi connectivity index (χ2v) is 6.85. The van der Waals surface area contributed by atoms with E-state index in [0.717, 1.165) is 5.82 Å². The number of piperidine rings is 1. The van der Waals surface area contributed by atoms with Crippen molar-refractivity contribution in [2.75, 3.05) is 13.1 Å². The lowest BCUT2D eigenvalue weighted by molar-refractivity contribution is -0.135. The summed E-state index contributed by atoms with van der Waals surface area (Å²) >= 11 is 0. The number of imidazole rings is 1. The zero-order chi connectivity index (χ0) is 18.1. The minimum Gasteiger partial charge on any atom is -0.467 e. The Balaban J connectivity index is 1.36. The van der Waals surface area contributed by atoms with Crippen LogP contribution in [0.1, 0.15) is 35.4 Å². The maximum absolute atomic E-state index is 12.5. The summed E-state index contributed by atoms with van der Waals surface area (Å²) in [6.45, 7) is 3.71. The van der Waals surface area contributed by atoms with E-state index in [9.17, 15) is 9.59 Å². The molecule has 7 nitrogen and oxygen atoms in total. The van der Waals surface area contributed by atoms with Gasteiger partial charge in [0.1, 0.15) is 11.6 Å². The molecule has 4 rings (SSSR count). The van der Waals surface area contributed by atoms with Crippen LogP contribution in [0.5, 0.6) is 5.75 Å². The van der Waals surface area contributed by atoms with Gasteiger partial charge in [-0.25, -0.2) is 4.98 Å². The molecular weight excluding hydrogens is 332 g/mol. The number of para-hydroxylation sites is 1. The Kier molecular flexibility index (Phi) is 4.14. The average Bonchev–Trinajstić information content (AvgIpc) is 3.05. The van der Waals surface area contributed by atoms with E-state index in [2.05, 4.69) is 10.3 Å². The summed E-state index contributed by atoms with van der Waals surface area (Å²) < 4.78 is 8.09. The highest BCUT2D eigenvalue weighted by Crippen LogP contribution is 2.33. The van der Waals surface area contributed by atoms with Crippen LogP contribution >= 0.6 is 0 Å². The van der Waals surface area contributed by atoms with Crippen LogP contribution in [0.3, 0.4) is 0 Å². The Morgan fingerprint density at radius 1 is 1.31 bits per heavy atom. The van der Waals surface area contributed by atoms with Gasteiger partial charge in [0.25, 0.3) is 5.91 Å². The molecule has 1 N–H and O–H groups in total. The second kappa shape index (κ2) is 6.48. The number of likely N-dealkylation sites (tertiary alicyclic amines) is 1. The summed E-state index contributed by atoms with van der Waals surface area (Å²) in [7, 11) is 0. The number of fused-ring (bicyclic) bond motifs is 1. The van der Waals surface area contributed by atoms with Crippen molar-refractivity contribution in [3.8, 4) is 5.75 Å². The molecule has 1 aromatic heterocycles. The van der Waals surface area contributed by atoms with E-state index in [1.54, 1.807) is 12.3 Å². The topological polar surface area (TPSA) is 76.5 Å². The predicted octanol–water partition coefficient (Wildman–Crippen LogP) is 1.72. The van der Waals surface area contributed by atoms with E-state index in [-0.39, 0.29) is 11.8 Å². The molecule has 1 fully saturated rings. The molecule has 1 aromatic carbocycles. The molecule has 0 aliphatic carbocycles. The average molecular weight is 354 g/mol. The molecule has 2 aromatic rings. The van der Waals surface area contributed by atoms with Gasteiger partial charge in [-0.15, -0.1) is 0 Å². The monoisotopic (exact) mass is 354 g/mol. The molecule has 1 spiro atoms. The molecule has 0 atom stereocenters. The van der Waals surface area contributed by atoms with Crippen LogP contribution in [0.2, 0.25) is 0 Å². The zero-order valence-electron chi connectivity index (χ0n) is 14.8. The molecule has 3 heterocycles. The van der Waals surface area contributed by atoms with E-state index in [1.807, 2.05) is 40.8 Å². The third kappa shape index (κ3) is 3.05. The van der Waals surface area contributed by atoms with Gasteiger partial charge in [-0.1, -0.05) is 12.1 Å². The van der Waals surface area contributed by atoms with Gasteiger partial charge in [-0.3, -0.25) is 9.59 Å². The fraction of sp³-hybridized carbons (Fsp3) is 0.421. The molecule has 2 amide bonds. The Morgan fingerprint density at radius 2 is 2.08 bits per heavy atom. The first-order valence-electron chi connectivity index (χ1n) is 8.92. The lowest BCUT2D eigenvalue weighted by Crippen LogP contribution is -2.61. The van der Waals surface area contributed by atoms with Gasteiger partial charge in [0, 0.05) is 51.3 Å². The molecule has 2 aliphatic rings. The van der Waals surface area contributed by atoms with Crippen molar-refractivity contribution < 1.29 is 14.3 Å².